The Balaban J connectivity index is 1.95. The molecule has 0 fully saturated rings. The van der Waals surface area contributed by atoms with Crippen LogP contribution in [0.25, 0.3) is 0 Å². The zero-order valence-electron chi connectivity index (χ0n) is 17.2. The number of rotatable bonds is 3. The normalized spacial score (nSPS) is 35.2. The summed E-state index contributed by atoms with van der Waals surface area (Å²) in [4.78, 5) is 0. The first kappa shape index (κ1) is 18.5. The summed E-state index contributed by atoms with van der Waals surface area (Å²) in [7, 11) is 0. The van der Waals surface area contributed by atoms with Crippen molar-refractivity contribution in [1.82, 2.24) is 0 Å². The van der Waals surface area contributed by atoms with Crippen LogP contribution >= 0.6 is 35.3 Å². The van der Waals surface area contributed by atoms with Gasteiger partial charge in [0, 0.05) is 5.41 Å². The minimum absolute atomic E-state index is 0.0116. The van der Waals surface area contributed by atoms with Crippen molar-refractivity contribution in [1.29, 1.82) is 0 Å². The zero-order valence-corrected chi connectivity index (χ0v) is 19.6. The molecule has 0 saturated heterocycles. The average Bonchev–Trinajstić information content (AvgIpc) is 3.21. The Morgan fingerprint density at radius 2 is 0.655 bits per heavy atom. The molecule has 0 N–H and O–H groups in total. The van der Waals surface area contributed by atoms with Crippen LogP contribution in [-0.4, -0.2) is 18.8 Å². The minimum Gasteiger partial charge on any atom is -0.148 e. The molecule has 3 aliphatic carbocycles. The number of fused-ring (bicyclic) bond motifs is 9. The molecule has 0 spiro atoms. The van der Waals surface area contributed by atoms with E-state index in [1.54, 1.807) is 0 Å². The summed E-state index contributed by atoms with van der Waals surface area (Å²) in [5, 5.41) is 0. The maximum atomic E-state index is 2.59. The van der Waals surface area contributed by atoms with Gasteiger partial charge >= 0.3 is 0 Å². The predicted octanol–water partition coefficient (Wildman–Crippen LogP) is 6.85. The molecule has 3 aliphatic rings. The van der Waals surface area contributed by atoms with Crippen molar-refractivity contribution >= 4 is 35.3 Å². The molecule has 6 rings (SSSR count). The molecule has 0 unspecified atom stereocenters. The van der Waals surface area contributed by atoms with Crippen molar-refractivity contribution < 1.29 is 0 Å². The molecule has 146 valence electrons. The van der Waals surface area contributed by atoms with Crippen molar-refractivity contribution in [3.05, 3.63) is 106 Å². The smallest absolute Gasteiger partial charge is 0.0754 e. The van der Waals surface area contributed by atoms with Gasteiger partial charge in [-0.05, 0) is 52.1 Å². The van der Waals surface area contributed by atoms with E-state index in [4.69, 9.17) is 0 Å². The molecule has 0 atom stereocenters. The van der Waals surface area contributed by atoms with Crippen molar-refractivity contribution in [2.45, 2.75) is 21.2 Å². The first-order chi connectivity index (χ1) is 14.1. The second-order valence-electron chi connectivity index (χ2n) is 8.42. The largest absolute Gasteiger partial charge is 0.148 e. The van der Waals surface area contributed by atoms with E-state index in [2.05, 4.69) is 134 Å². The van der Waals surface area contributed by atoms with Gasteiger partial charge in [-0.1, -0.05) is 79.7 Å². The highest BCUT2D eigenvalue weighted by Crippen LogP contribution is 2.88. The van der Waals surface area contributed by atoms with E-state index < -0.39 is 0 Å². The van der Waals surface area contributed by atoms with E-state index in [0.29, 0.717) is 0 Å². The first-order valence-corrected chi connectivity index (χ1v) is 13.7. The van der Waals surface area contributed by atoms with Crippen molar-refractivity contribution in [2.75, 3.05) is 18.8 Å². The summed E-state index contributed by atoms with van der Waals surface area (Å²) in [5.41, 5.74) is 9.08. The van der Waals surface area contributed by atoms with E-state index in [1.807, 2.05) is 0 Å². The van der Waals surface area contributed by atoms with Gasteiger partial charge in [0.05, 0.1) is 14.2 Å². The SMILES string of the molecule is CSC12c3ccccc3C3(SC)c4ccccc4C(SC)(c4ccccc41)C23C. The minimum atomic E-state index is -0.0643. The number of hydrogen-bond acceptors (Lipinski definition) is 3. The molecule has 0 bridgehead atoms. The summed E-state index contributed by atoms with van der Waals surface area (Å²) >= 11 is 6.16. The molecule has 0 radical (unpaired) electrons. The van der Waals surface area contributed by atoms with Crippen LogP contribution in [0, 0.1) is 5.41 Å². The summed E-state index contributed by atoms with van der Waals surface area (Å²) in [6.07, 6.45) is 6.98. The average molecular weight is 433 g/mol. The quantitative estimate of drug-likeness (QED) is 0.444. The second-order valence-corrected chi connectivity index (χ2v) is 11.5. The third-order valence-electron chi connectivity index (χ3n) is 8.09. The van der Waals surface area contributed by atoms with Gasteiger partial charge in [-0.3, -0.25) is 0 Å². The number of benzene rings is 3. The topological polar surface area (TPSA) is 0 Å². The summed E-state index contributed by atoms with van der Waals surface area (Å²) in [6, 6.07) is 27.9. The van der Waals surface area contributed by atoms with Crippen LogP contribution in [0.4, 0.5) is 0 Å². The molecular formula is C26H24S3. The van der Waals surface area contributed by atoms with E-state index in [-0.39, 0.29) is 19.7 Å². The van der Waals surface area contributed by atoms with Gasteiger partial charge in [-0.25, -0.2) is 0 Å². The molecule has 29 heavy (non-hydrogen) atoms. The lowest BCUT2D eigenvalue weighted by atomic mass is 9.68. The van der Waals surface area contributed by atoms with Crippen LogP contribution in [0.2, 0.25) is 0 Å². The number of hydrogen-bond donors (Lipinski definition) is 0. The maximum absolute atomic E-state index is 2.59. The van der Waals surface area contributed by atoms with Crippen LogP contribution in [0.3, 0.4) is 0 Å². The number of thioether (sulfide) groups is 3. The Bertz CT molecular complexity index is 949. The molecule has 0 saturated carbocycles. The monoisotopic (exact) mass is 432 g/mol. The Kier molecular flexibility index (Phi) is 3.62. The van der Waals surface area contributed by atoms with Gasteiger partial charge in [0.1, 0.15) is 0 Å². The Hall–Kier alpha value is -1.29. The Morgan fingerprint density at radius 3 is 0.828 bits per heavy atom. The fourth-order valence-electron chi connectivity index (χ4n) is 7.36. The van der Waals surface area contributed by atoms with Gasteiger partial charge in [-0.2, -0.15) is 0 Å². The Labute approximate surface area is 186 Å². The van der Waals surface area contributed by atoms with Gasteiger partial charge in [0.2, 0.25) is 0 Å². The highest BCUT2D eigenvalue weighted by Gasteiger charge is 2.83. The van der Waals surface area contributed by atoms with Gasteiger partial charge in [-0.15, -0.1) is 35.3 Å². The molecule has 0 heterocycles. The van der Waals surface area contributed by atoms with Gasteiger partial charge < -0.3 is 0 Å². The lowest BCUT2D eigenvalue weighted by Gasteiger charge is -2.50. The molecule has 3 aromatic rings. The Morgan fingerprint density at radius 1 is 0.448 bits per heavy atom. The van der Waals surface area contributed by atoms with E-state index in [9.17, 15) is 0 Å². The fraction of sp³-hybridized carbons (Fsp3) is 0.308. The molecule has 3 aromatic carbocycles. The van der Waals surface area contributed by atoms with Crippen LogP contribution in [0.1, 0.15) is 40.3 Å². The van der Waals surface area contributed by atoms with Crippen molar-refractivity contribution in [3.8, 4) is 0 Å². The molecular weight excluding hydrogens is 408 g/mol. The van der Waals surface area contributed by atoms with Crippen molar-refractivity contribution in [3.63, 3.8) is 0 Å². The highest BCUT2D eigenvalue weighted by atomic mass is 32.2. The molecule has 0 aliphatic heterocycles. The van der Waals surface area contributed by atoms with Gasteiger partial charge in [0.25, 0.3) is 0 Å². The van der Waals surface area contributed by atoms with Crippen LogP contribution < -0.4 is 0 Å². The summed E-state index contributed by atoms with van der Waals surface area (Å²) in [5.74, 6) is 0. The standard InChI is InChI=1S/C26H24S3/c1-23-24(27-2)17-11-5-7-13-19(17)25(23,28-3)21-15-9-10-16-22(21)26(23,29-4)20-14-8-6-12-18(20)24/h5-16H,1-4H3. The van der Waals surface area contributed by atoms with E-state index in [1.165, 1.54) is 33.4 Å². The van der Waals surface area contributed by atoms with E-state index >= 15 is 0 Å². The molecule has 3 heteroatoms. The van der Waals surface area contributed by atoms with Crippen LogP contribution in [-0.2, 0) is 14.2 Å². The van der Waals surface area contributed by atoms with Gasteiger partial charge in [0.15, 0.2) is 0 Å². The second kappa shape index (κ2) is 5.69. The molecule has 0 amide bonds. The third-order valence-corrected chi connectivity index (χ3v) is 12.5. The van der Waals surface area contributed by atoms with Crippen molar-refractivity contribution in [2.24, 2.45) is 5.41 Å². The molecule has 0 nitrogen and oxygen atoms in total. The zero-order chi connectivity index (χ0) is 20.1. The van der Waals surface area contributed by atoms with E-state index in [0.717, 1.165) is 0 Å². The predicted molar refractivity (Wildman–Crippen MR) is 130 cm³/mol. The van der Waals surface area contributed by atoms with Crippen LogP contribution in [0.5, 0.6) is 0 Å². The summed E-state index contributed by atoms with van der Waals surface area (Å²) in [6.45, 7) is 2.59. The lowest BCUT2D eigenvalue weighted by molar-refractivity contribution is 0.225. The highest BCUT2D eigenvalue weighted by molar-refractivity contribution is 8.02. The third kappa shape index (κ3) is 1.52. The lowest BCUT2D eigenvalue weighted by Crippen LogP contribution is -2.50. The maximum Gasteiger partial charge on any atom is 0.0754 e. The first-order valence-electron chi connectivity index (χ1n) is 10.1. The summed E-state index contributed by atoms with van der Waals surface area (Å²) < 4.78 is -0.193. The fourth-order valence-corrected chi connectivity index (χ4v) is 12.1. The van der Waals surface area contributed by atoms with Crippen LogP contribution in [0.15, 0.2) is 72.8 Å². The molecule has 0 aromatic heterocycles.